The third kappa shape index (κ3) is 3.11. The number of aromatic nitrogens is 3. The Morgan fingerprint density at radius 2 is 2.24 bits per heavy atom. The summed E-state index contributed by atoms with van der Waals surface area (Å²) in [6, 6.07) is 4.37. The van der Waals surface area contributed by atoms with Crippen LogP contribution in [0.3, 0.4) is 0 Å². The van der Waals surface area contributed by atoms with Gasteiger partial charge in [-0.1, -0.05) is 11.8 Å². The van der Waals surface area contributed by atoms with Gasteiger partial charge < -0.3 is 5.11 Å². The first-order valence-electron chi connectivity index (χ1n) is 6.31. The van der Waals surface area contributed by atoms with Crippen LogP contribution in [0.5, 0.6) is 0 Å². The molecule has 1 saturated carbocycles. The van der Waals surface area contributed by atoms with Gasteiger partial charge in [0.15, 0.2) is 5.16 Å². The predicted molar refractivity (Wildman–Crippen MR) is 79.4 cm³/mol. The lowest BCUT2D eigenvalue weighted by Crippen LogP contribution is -2.05. The molecular weight excluding hydrogens is 361 g/mol. The maximum absolute atomic E-state index is 13.3. The van der Waals surface area contributed by atoms with Gasteiger partial charge in [0.2, 0.25) is 0 Å². The zero-order chi connectivity index (χ0) is 15.0. The number of carbonyl (C=O) groups is 1. The Morgan fingerprint density at radius 3 is 2.86 bits per heavy atom. The molecule has 0 radical (unpaired) electrons. The number of carboxylic acid groups (broad SMARTS) is 1. The summed E-state index contributed by atoms with van der Waals surface area (Å²) < 4.78 is 15.7. The number of rotatable bonds is 5. The highest BCUT2D eigenvalue weighted by Crippen LogP contribution is 2.42. The molecule has 1 aromatic heterocycles. The lowest BCUT2D eigenvalue weighted by atomic mass is 10.3. The zero-order valence-electron chi connectivity index (χ0n) is 10.8. The Kier molecular flexibility index (Phi) is 3.99. The molecule has 21 heavy (non-hydrogen) atoms. The summed E-state index contributed by atoms with van der Waals surface area (Å²) >= 11 is 4.45. The van der Waals surface area contributed by atoms with E-state index in [1.807, 2.05) is 4.57 Å². The average Bonchev–Trinajstić information content (AvgIpc) is 3.18. The van der Waals surface area contributed by atoms with Gasteiger partial charge in [0.25, 0.3) is 0 Å². The summed E-state index contributed by atoms with van der Waals surface area (Å²) in [6.45, 7) is 0. The van der Waals surface area contributed by atoms with E-state index in [1.165, 1.54) is 12.1 Å². The van der Waals surface area contributed by atoms with Crippen LogP contribution in [0.25, 0.3) is 5.69 Å². The number of carboxylic acids is 1. The Hall–Kier alpha value is -1.41. The molecule has 2 aromatic rings. The molecule has 0 bridgehead atoms. The van der Waals surface area contributed by atoms with Crippen LogP contribution in [-0.2, 0) is 4.79 Å². The summed E-state index contributed by atoms with van der Waals surface area (Å²) in [5.41, 5.74) is 0.719. The first kappa shape index (κ1) is 14.5. The zero-order valence-corrected chi connectivity index (χ0v) is 13.2. The second-order valence-corrected chi connectivity index (χ2v) is 6.53. The summed E-state index contributed by atoms with van der Waals surface area (Å²) in [5.74, 6) is -0.210. The van der Waals surface area contributed by atoms with E-state index in [2.05, 4.69) is 26.1 Å². The van der Waals surface area contributed by atoms with Gasteiger partial charge in [0.05, 0.1) is 11.4 Å². The van der Waals surface area contributed by atoms with Gasteiger partial charge in [-0.25, -0.2) is 4.39 Å². The van der Waals surface area contributed by atoms with Crippen LogP contribution >= 0.6 is 27.7 Å². The second-order valence-electron chi connectivity index (χ2n) is 4.73. The Morgan fingerprint density at radius 1 is 1.48 bits per heavy atom. The minimum atomic E-state index is -0.916. The molecule has 3 rings (SSSR count). The van der Waals surface area contributed by atoms with Crippen LogP contribution in [0.1, 0.15) is 24.6 Å². The molecule has 0 aliphatic heterocycles. The molecule has 8 heteroatoms. The summed E-state index contributed by atoms with van der Waals surface area (Å²) in [7, 11) is 0. The van der Waals surface area contributed by atoms with E-state index in [1.54, 1.807) is 6.07 Å². The molecule has 110 valence electrons. The van der Waals surface area contributed by atoms with Crippen LogP contribution in [0.2, 0.25) is 0 Å². The van der Waals surface area contributed by atoms with E-state index in [0.29, 0.717) is 15.5 Å². The number of benzene rings is 1. The third-order valence-electron chi connectivity index (χ3n) is 3.08. The van der Waals surface area contributed by atoms with E-state index in [0.717, 1.165) is 36.1 Å². The van der Waals surface area contributed by atoms with Crippen LogP contribution in [0.4, 0.5) is 4.39 Å². The van der Waals surface area contributed by atoms with Crippen molar-refractivity contribution >= 4 is 33.7 Å². The smallest absolute Gasteiger partial charge is 0.313 e. The topological polar surface area (TPSA) is 68.0 Å². The molecule has 0 amide bonds. The molecule has 0 unspecified atom stereocenters. The van der Waals surface area contributed by atoms with Crippen molar-refractivity contribution in [2.45, 2.75) is 23.9 Å². The first-order chi connectivity index (χ1) is 10.1. The van der Waals surface area contributed by atoms with Crippen molar-refractivity contribution in [1.29, 1.82) is 0 Å². The molecular formula is C13H11BrFN3O2S. The Balaban J connectivity index is 2.05. The number of nitrogens with zero attached hydrogens (tertiary/aromatic N) is 3. The van der Waals surface area contributed by atoms with E-state index in [9.17, 15) is 9.18 Å². The largest absolute Gasteiger partial charge is 0.481 e. The number of hydrogen-bond acceptors (Lipinski definition) is 4. The molecule has 0 saturated heterocycles. The second kappa shape index (κ2) is 5.76. The highest BCUT2D eigenvalue weighted by Gasteiger charge is 2.31. The van der Waals surface area contributed by atoms with Crippen LogP contribution in [0.15, 0.2) is 27.8 Å². The highest BCUT2D eigenvalue weighted by molar-refractivity contribution is 9.10. The van der Waals surface area contributed by atoms with Crippen LogP contribution < -0.4 is 0 Å². The third-order valence-corrected chi connectivity index (χ3v) is 4.63. The Bertz CT molecular complexity index is 703. The van der Waals surface area contributed by atoms with Crippen LogP contribution in [0, 0.1) is 5.82 Å². The van der Waals surface area contributed by atoms with E-state index < -0.39 is 5.97 Å². The van der Waals surface area contributed by atoms with Gasteiger partial charge in [-0.2, -0.15) is 0 Å². The van der Waals surface area contributed by atoms with Gasteiger partial charge in [-0.05, 0) is 47.0 Å². The standard InChI is InChI=1S/C13H11BrFN3O2S/c14-9-5-8(15)3-4-10(9)18-12(7-1-2-7)16-17-13(18)21-6-11(19)20/h3-5,7H,1-2,6H2,(H,19,20). The minimum Gasteiger partial charge on any atom is -0.481 e. The monoisotopic (exact) mass is 371 g/mol. The van der Waals surface area contributed by atoms with Gasteiger partial charge in [0.1, 0.15) is 11.6 Å². The fraction of sp³-hybridized carbons (Fsp3) is 0.308. The maximum atomic E-state index is 13.3. The molecule has 0 spiro atoms. The molecule has 1 fully saturated rings. The summed E-state index contributed by atoms with van der Waals surface area (Å²) in [5, 5.41) is 17.6. The van der Waals surface area contributed by atoms with Crippen molar-refractivity contribution in [2.75, 3.05) is 5.75 Å². The fourth-order valence-corrected chi connectivity index (χ4v) is 3.20. The van der Waals surface area contributed by atoms with Crippen molar-refractivity contribution in [3.05, 3.63) is 34.3 Å². The predicted octanol–water partition coefficient (Wildman–Crippen LogP) is 3.22. The first-order valence-corrected chi connectivity index (χ1v) is 8.09. The number of aliphatic carboxylic acids is 1. The lowest BCUT2D eigenvalue weighted by Gasteiger charge is -2.11. The maximum Gasteiger partial charge on any atom is 0.313 e. The average molecular weight is 372 g/mol. The van der Waals surface area contributed by atoms with Gasteiger partial charge in [-0.15, -0.1) is 10.2 Å². The normalized spacial score (nSPS) is 14.4. The van der Waals surface area contributed by atoms with Gasteiger partial charge in [-0.3, -0.25) is 9.36 Å². The molecule has 1 aliphatic rings. The fourth-order valence-electron chi connectivity index (χ4n) is 2.00. The van der Waals surface area contributed by atoms with Crippen LogP contribution in [-0.4, -0.2) is 31.6 Å². The van der Waals surface area contributed by atoms with Crippen molar-refractivity contribution in [1.82, 2.24) is 14.8 Å². The molecule has 1 aromatic carbocycles. The molecule has 0 atom stereocenters. The van der Waals surface area contributed by atoms with Crippen molar-refractivity contribution < 1.29 is 14.3 Å². The molecule has 1 N–H and O–H groups in total. The number of thioether (sulfide) groups is 1. The summed E-state index contributed by atoms with van der Waals surface area (Å²) in [6.07, 6.45) is 2.08. The quantitative estimate of drug-likeness (QED) is 0.817. The minimum absolute atomic E-state index is 0.0956. The van der Waals surface area contributed by atoms with E-state index in [-0.39, 0.29) is 11.6 Å². The van der Waals surface area contributed by atoms with E-state index >= 15 is 0 Å². The highest BCUT2D eigenvalue weighted by atomic mass is 79.9. The summed E-state index contributed by atoms with van der Waals surface area (Å²) in [4.78, 5) is 10.7. The van der Waals surface area contributed by atoms with E-state index in [4.69, 9.17) is 5.11 Å². The molecule has 1 heterocycles. The number of halogens is 2. The van der Waals surface area contributed by atoms with Crippen molar-refractivity contribution in [3.8, 4) is 5.69 Å². The lowest BCUT2D eigenvalue weighted by molar-refractivity contribution is -0.133. The number of hydrogen-bond donors (Lipinski definition) is 1. The Labute approximate surface area is 132 Å². The molecule has 1 aliphatic carbocycles. The van der Waals surface area contributed by atoms with Crippen molar-refractivity contribution in [2.24, 2.45) is 0 Å². The van der Waals surface area contributed by atoms with Gasteiger partial charge >= 0.3 is 5.97 Å². The van der Waals surface area contributed by atoms with Gasteiger partial charge in [0, 0.05) is 10.4 Å². The van der Waals surface area contributed by atoms with Crippen molar-refractivity contribution in [3.63, 3.8) is 0 Å². The molecule has 5 nitrogen and oxygen atoms in total. The SMILES string of the molecule is O=C(O)CSc1nnc(C2CC2)n1-c1ccc(F)cc1Br.